The fourth-order valence-electron chi connectivity index (χ4n) is 2.37. The number of fused-ring (bicyclic) bond motifs is 1. The summed E-state index contributed by atoms with van der Waals surface area (Å²) in [6.07, 6.45) is 0. The van der Waals surface area contributed by atoms with Crippen LogP contribution < -0.4 is 11.5 Å². The van der Waals surface area contributed by atoms with Crippen LogP contribution in [0.1, 0.15) is 11.5 Å². The molecule has 19 heavy (non-hydrogen) atoms. The summed E-state index contributed by atoms with van der Waals surface area (Å²) in [6.45, 7) is 2.32. The number of nitrogens with zero attached hydrogens (tertiary/aromatic N) is 2. The quantitative estimate of drug-likeness (QED) is 0.724. The zero-order valence-corrected chi connectivity index (χ0v) is 10.7. The van der Waals surface area contributed by atoms with Crippen LogP contribution >= 0.6 is 0 Å². The van der Waals surface area contributed by atoms with Crippen molar-refractivity contribution in [2.45, 2.75) is 13.5 Å². The molecule has 98 valence electrons. The third kappa shape index (κ3) is 1.77. The van der Waals surface area contributed by atoms with Gasteiger partial charge in [-0.25, -0.2) is 9.78 Å². The van der Waals surface area contributed by atoms with Crippen molar-refractivity contribution >= 4 is 11.1 Å². The average molecular weight is 258 g/mol. The Morgan fingerprint density at radius 2 is 2.26 bits per heavy atom. The van der Waals surface area contributed by atoms with Crippen LogP contribution in [0.15, 0.2) is 27.4 Å². The number of rotatable bonds is 2. The van der Waals surface area contributed by atoms with Crippen LogP contribution in [0, 0.1) is 6.92 Å². The molecule has 6 heteroatoms. The van der Waals surface area contributed by atoms with Crippen molar-refractivity contribution in [2.75, 3.05) is 0 Å². The number of oxazole rings is 1. The van der Waals surface area contributed by atoms with Crippen LogP contribution in [0.2, 0.25) is 0 Å². The number of nitrogens with two attached hydrogens (primary N) is 1. The maximum Gasteiger partial charge on any atom is 0.417 e. The van der Waals surface area contributed by atoms with Crippen LogP contribution in [0.4, 0.5) is 0 Å². The van der Waals surface area contributed by atoms with E-state index >= 15 is 0 Å². The van der Waals surface area contributed by atoms with Crippen LogP contribution in [-0.2, 0) is 13.6 Å². The highest BCUT2D eigenvalue weighted by Gasteiger charge is 2.13. The second kappa shape index (κ2) is 4.10. The Morgan fingerprint density at radius 3 is 2.95 bits per heavy atom. The second-order valence-corrected chi connectivity index (χ2v) is 4.45. The Balaban J connectivity index is 2.23. The molecule has 3 rings (SSSR count). The summed E-state index contributed by atoms with van der Waals surface area (Å²) in [6, 6.07) is 5.58. The van der Waals surface area contributed by atoms with Gasteiger partial charge >= 0.3 is 5.76 Å². The van der Waals surface area contributed by atoms with Gasteiger partial charge in [0.15, 0.2) is 5.58 Å². The SMILES string of the molecule is Cc1nc(CN)n(C)c1-c1ccc2[nH]c(=O)oc2c1. The maximum atomic E-state index is 11.2. The zero-order valence-electron chi connectivity index (χ0n) is 10.7. The number of aromatic amines is 1. The molecule has 2 heterocycles. The van der Waals surface area contributed by atoms with Crippen molar-refractivity contribution in [2.24, 2.45) is 12.8 Å². The van der Waals surface area contributed by atoms with E-state index in [1.165, 1.54) is 0 Å². The molecule has 0 aliphatic rings. The maximum absolute atomic E-state index is 11.2. The first-order valence-electron chi connectivity index (χ1n) is 5.95. The van der Waals surface area contributed by atoms with Gasteiger partial charge in [0.1, 0.15) is 5.82 Å². The Bertz CT molecular complexity index is 810. The van der Waals surface area contributed by atoms with Gasteiger partial charge in [0.25, 0.3) is 0 Å². The van der Waals surface area contributed by atoms with Crippen LogP contribution in [0.25, 0.3) is 22.4 Å². The predicted octanol–water partition coefficient (Wildman–Crippen LogP) is 1.29. The van der Waals surface area contributed by atoms with E-state index in [1.54, 1.807) is 0 Å². The Hall–Kier alpha value is -2.34. The molecule has 0 radical (unpaired) electrons. The first-order valence-corrected chi connectivity index (χ1v) is 5.95. The van der Waals surface area contributed by atoms with Crippen LogP contribution in [0.3, 0.4) is 0 Å². The lowest BCUT2D eigenvalue weighted by molar-refractivity contribution is 0.555. The molecular formula is C13H14N4O2. The van der Waals surface area contributed by atoms with E-state index in [0.717, 1.165) is 22.8 Å². The highest BCUT2D eigenvalue weighted by Crippen LogP contribution is 2.26. The molecule has 0 atom stereocenters. The van der Waals surface area contributed by atoms with E-state index in [1.807, 2.05) is 36.7 Å². The van der Waals surface area contributed by atoms with Gasteiger partial charge in [-0.3, -0.25) is 4.98 Å². The van der Waals surface area contributed by atoms with Gasteiger partial charge in [0.05, 0.1) is 23.4 Å². The number of H-pyrrole nitrogens is 1. The van der Waals surface area contributed by atoms with E-state index in [-0.39, 0.29) is 0 Å². The van der Waals surface area contributed by atoms with E-state index in [4.69, 9.17) is 10.2 Å². The topological polar surface area (TPSA) is 89.8 Å². The first-order chi connectivity index (χ1) is 9.10. The van der Waals surface area contributed by atoms with Gasteiger partial charge in [0.2, 0.25) is 0 Å². The van der Waals surface area contributed by atoms with E-state index < -0.39 is 5.76 Å². The van der Waals surface area contributed by atoms with Crippen molar-refractivity contribution in [3.63, 3.8) is 0 Å². The molecule has 0 aliphatic carbocycles. The third-order valence-corrected chi connectivity index (χ3v) is 3.24. The summed E-state index contributed by atoms with van der Waals surface area (Å²) >= 11 is 0. The molecule has 0 amide bonds. The van der Waals surface area contributed by atoms with E-state index in [2.05, 4.69) is 9.97 Å². The molecule has 3 aromatic rings. The molecule has 0 unspecified atom stereocenters. The third-order valence-electron chi connectivity index (χ3n) is 3.24. The smallest absolute Gasteiger partial charge is 0.408 e. The largest absolute Gasteiger partial charge is 0.417 e. The molecule has 0 bridgehead atoms. The summed E-state index contributed by atoms with van der Waals surface area (Å²) in [4.78, 5) is 18.2. The normalized spacial score (nSPS) is 11.3. The van der Waals surface area contributed by atoms with Crippen molar-refractivity contribution in [3.8, 4) is 11.3 Å². The summed E-state index contributed by atoms with van der Waals surface area (Å²) in [5, 5.41) is 0. The monoisotopic (exact) mass is 258 g/mol. The lowest BCUT2D eigenvalue weighted by atomic mass is 10.1. The molecule has 0 saturated heterocycles. The highest BCUT2D eigenvalue weighted by atomic mass is 16.4. The molecule has 3 N–H and O–H groups in total. The van der Waals surface area contributed by atoms with Crippen molar-refractivity contribution in [3.05, 3.63) is 40.3 Å². The Morgan fingerprint density at radius 1 is 1.47 bits per heavy atom. The van der Waals surface area contributed by atoms with E-state index in [9.17, 15) is 4.79 Å². The number of imidazole rings is 1. The minimum atomic E-state index is -0.448. The number of aromatic nitrogens is 3. The van der Waals surface area contributed by atoms with E-state index in [0.29, 0.717) is 17.6 Å². The fourth-order valence-corrected chi connectivity index (χ4v) is 2.37. The van der Waals surface area contributed by atoms with Crippen molar-refractivity contribution in [1.82, 2.24) is 14.5 Å². The molecule has 0 saturated carbocycles. The van der Waals surface area contributed by atoms with Crippen LogP contribution in [-0.4, -0.2) is 14.5 Å². The van der Waals surface area contributed by atoms with Gasteiger partial charge < -0.3 is 14.7 Å². The van der Waals surface area contributed by atoms with Gasteiger partial charge in [-0.15, -0.1) is 0 Å². The van der Waals surface area contributed by atoms with Gasteiger partial charge in [-0.05, 0) is 19.1 Å². The van der Waals surface area contributed by atoms with Gasteiger partial charge in [-0.1, -0.05) is 6.07 Å². The predicted molar refractivity (Wildman–Crippen MR) is 71.7 cm³/mol. The lowest BCUT2D eigenvalue weighted by Crippen LogP contribution is -2.05. The number of aryl methyl sites for hydroxylation is 1. The zero-order chi connectivity index (χ0) is 13.6. The number of hydrogen-bond donors (Lipinski definition) is 2. The molecule has 0 fully saturated rings. The number of hydrogen-bond acceptors (Lipinski definition) is 4. The standard InChI is InChI=1S/C13H14N4O2/c1-7-12(17(2)11(6-14)15-7)8-3-4-9-10(5-8)19-13(18)16-9/h3-5H,6,14H2,1-2H3,(H,16,18). The average Bonchev–Trinajstić information content (AvgIpc) is 2.87. The molecule has 2 aromatic heterocycles. The number of nitrogens with one attached hydrogen (secondary N) is 1. The molecule has 0 spiro atoms. The second-order valence-electron chi connectivity index (χ2n) is 4.45. The minimum Gasteiger partial charge on any atom is -0.408 e. The van der Waals surface area contributed by atoms with Gasteiger partial charge in [-0.2, -0.15) is 0 Å². The molecule has 0 aliphatic heterocycles. The molecule has 6 nitrogen and oxygen atoms in total. The Labute approximate surface area is 108 Å². The number of benzene rings is 1. The summed E-state index contributed by atoms with van der Waals surface area (Å²) < 4.78 is 7.04. The Kier molecular flexibility index (Phi) is 2.53. The summed E-state index contributed by atoms with van der Waals surface area (Å²) in [5.74, 6) is 0.375. The van der Waals surface area contributed by atoms with Crippen molar-refractivity contribution in [1.29, 1.82) is 0 Å². The summed E-state index contributed by atoms with van der Waals surface area (Å²) in [7, 11) is 1.93. The van der Waals surface area contributed by atoms with Crippen molar-refractivity contribution < 1.29 is 4.42 Å². The van der Waals surface area contributed by atoms with Gasteiger partial charge in [0, 0.05) is 12.6 Å². The first kappa shape index (κ1) is 11.7. The highest BCUT2D eigenvalue weighted by molar-refractivity contribution is 5.79. The summed E-state index contributed by atoms with van der Waals surface area (Å²) in [5.41, 5.74) is 9.71. The molecule has 1 aromatic carbocycles. The lowest BCUT2D eigenvalue weighted by Gasteiger charge is -2.05. The molecular weight excluding hydrogens is 244 g/mol. The van der Waals surface area contributed by atoms with Crippen LogP contribution in [0.5, 0.6) is 0 Å². The fraction of sp³-hybridized carbons (Fsp3) is 0.231. The minimum absolute atomic E-state index is 0.388.